The molecule has 0 spiro atoms. The number of ketones is 1. The number of hydrogen-bond donors (Lipinski definition) is 1. The number of nitrogens with zero attached hydrogens (tertiary/aromatic N) is 1. The van der Waals surface area contributed by atoms with Crippen LogP contribution in [0.5, 0.6) is 17.2 Å². The van der Waals surface area contributed by atoms with Gasteiger partial charge in [-0.25, -0.2) is 0 Å². The van der Waals surface area contributed by atoms with Crippen molar-refractivity contribution >= 4 is 23.3 Å². The molecule has 2 amide bonds. The minimum Gasteiger partial charge on any atom is -0.497 e. The molecule has 3 aromatic rings. The zero-order valence-corrected chi connectivity index (χ0v) is 18.8. The molecule has 1 aromatic heterocycles. The summed E-state index contributed by atoms with van der Waals surface area (Å²) < 4.78 is 21.5. The number of rotatable bonds is 9. The van der Waals surface area contributed by atoms with E-state index in [1.54, 1.807) is 68.6 Å². The van der Waals surface area contributed by atoms with Crippen molar-refractivity contribution in [3.63, 3.8) is 0 Å². The molecule has 2 aromatic carbocycles. The Labute approximate surface area is 196 Å². The second kappa shape index (κ2) is 10.1. The smallest absolute Gasteiger partial charge is 0.265 e. The van der Waals surface area contributed by atoms with Crippen LogP contribution in [0.4, 0.5) is 5.69 Å². The van der Waals surface area contributed by atoms with Crippen molar-refractivity contribution in [3.8, 4) is 17.2 Å². The van der Waals surface area contributed by atoms with E-state index in [0.29, 0.717) is 34.3 Å². The number of Topliss-reactive ketones (excluding diaryl/α,β-unsaturated/α-hetero) is 1. The van der Waals surface area contributed by atoms with E-state index in [1.807, 2.05) is 0 Å². The van der Waals surface area contributed by atoms with Gasteiger partial charge >= 0.3 is 0 Å². The molecule has 34 heavy (non-hydrogen) atoms. The standard InChI is InChI=1S/C25H24N2O7/c1-16(25(30)26-13-20-7-4-10-32-20)27-21-11-17(8-9-23(21)34-15-24(27)29)22(28)14-33-19-6-3-5-18(12-19)31-2/h3-12,16H,13-15H2,1-2H3,(H,26,30). The highest BCUT2D eigenvalue weighted by molar-refractivity contribution is 6.05. The topological polar surface area (TPSA) is 107 Å². The molecule has 176 valence electrons. The molecule has 9 heteroatoms. The summed E-state index contributed by atoms with van der Waals surface area (Å²) in [6.45, 7) is 1.40. The van der Waals surface area contributed by atoms with Gasteiger partial charge in [0.2, 0.25) is 5.91 Å². The summed E-state index contributed by atoms with van der Waals surface area (Å²) in [4.78, 5) is 39.5. The Hall–Kier alpha value is -4.27. The number of furan rings is 1. The first-order valence-corrected chi connectivity index (χ1v) is 10.7. The molecule has 1 atom stereocenters. The highest BCUT2D eigenvalue weighted by atomic mass is 16.5. The molecule has 0 saturated heterocycles. The lowest BCUT2D eigenvalue weighted by Gasteiger charge is -2.33. The van der Waals surface area contributed by atoms with Crippen LogP contribution in [0.1, 0.15) is 23.0 Å². The van der Waals surface area contributed by atoms with Gasteiger partial charge in [0.15, 0.2) is 19.0 Å². The molecule has 4 rings (SSSR count). The fourth-order valence-corrected chi connectivity index (χ4v) is 3.54. The van der Waals surface area contributed by atoms with Crippen molar-refractivity contribution in [1.82, 2.24) is 5.32 Å². The van der Waals surface area contributed by atoms with Crippen LogP contribution in [0.25, 0.3) is 0 Å². The third-order valence-electron chi connectivity index (χ3n) is 5.36. The van der Waals surface area contributed by atoms with Gasteiger partial charge in [0, 0.05) is 11.6 Å². The first-order chi connectivity index (χ1) is 16.5. The lowest BCUT2D eigenvalue weighted by Crippen LogP contribution is -2.51. The second-order valence-corrected chi connectivity index (χ2v) is 7.60. The average Bonchev–Trinajstić information content (AvgIpc) is 3.39. The molecule has 9 nitrogen and oxygen atoms in total. The Morgan fingerprint density at radius 3 is 2.71 bits per heavy atom. The molecule has 1 N–H and O–H groups in total. The molecule has 2 heterocycles. The van der Waals surface area contributed by atoms with Gasteiger partial charge in [-0.15, -0.1) is 0 Å². The predicted octanol–water partition coefficient (Wildman–Crippen LogP) is 2.98. The van der Waals surface area contributed by atoms with Gasteiger partial charge in [-0.2, -0.15) is 0 Å². The van der Waals surface area contributed by atoms with Gasteiger partial charge in [-0.05, 0) is 49.4 Å². The second-order valence-electron chi connectivity index (χ2n) is 7.60. The van der Waals surface area contributed by atoms with Crippen molar-refractivity contribution in [2.75, 3.05) is 25.2 Å². The summed E-state index contributed by atoms with van der Waals surface area (Å²) >= 11 is 0. The molecular weight excluding hydrogens is 440 g/mol. The fourth-order valence-electron chi connectivity index (χ4n) is 3.54. The third kappa shape index (κ3) is 5.03. The zero-order valence-electron chi connectivity index (χ0n) is 18.8. The normalized spacial score (nSPS) is 13.5. The number of fused-ring (bicyclic) bond motifs is 1. The summed E-state index contributed by atoms with van der Waals surface area (Å²) in [5, 5.41) is 2.75. The molecule has 1 unspecified atom stereocenters. The summed E-state index contributed by atoms with van der Waals surface area (Å²) in [6.07, 6.45) is 1.52. The van der Waals surface area contributed by atoms with Crippen LogP contribution >= 0.6 is 0 Å². The van der Waals surface area contributed by atoms with Crippen molar-refractivity contribution in [2.24, 2.45) is 0 Å². The largest absolute Gasteiger partial charge is 0.497 e. The van der Waals surface area contributed by atoms with E-state index in [9.17, 15) is 14.4 Å². The van der Waals surface area contributed by atoms with Gasteiger partial charge in [0.1, 0.15) is 29.1 Å². The molecule has 0 radical (unpaired) electrons. The number of carbonyl (C=O) groups is 3. The van der Waals surface area contributed by atoms with Crippen LogP contribution in [0.2, 0.25) is 0 Å². The molecule has 0 fully saturated rings. The maximum Gasteiger partial charge on any atom is 0.265 e. The first-order valence-electron chi connectivity index (χ1n) is 10.7. The number of hydrogen-bond acceptors (Lipinski definition) is 7. The minimum absolute atomic E-state index is 0.196. The van der Waals surface area contributed by atoms with Gasteiger partial charge < -0.3 is 23.9 Å². The first kappa shape index (κ1) is 22.9. The van der Waals surface area contributed by atoms with E-state index < -0.39 is 6.04 Å². The van der Waals surface area contributed by atoms with Crippen LogP contribution in [0, 0.1) is 0 Å². The maximum absolute atomic E-state index is 12.8. The van der Waals surface area contributed by atoms with Gasteiger partial charge in [-0.1, -0.05) is 6.07 Å². The summed E-state index contributed by atoms with van der Waals surface area (Å²) in [5.74, 6) is 1.07. The van der Waals surface area contributed by atoms with Crippen LogP contribution in [-0.4, -0.2) is 44.0 Å². The zero-order chi connectivity index (χ0) is 24.1. The van der Waals surface area contributed by atoms with Crippen LogP contribution in [-0.2, 0) is 16.1 Å². The summed E-state index contributed by atoms with van der Waals surface area (Å²) in [6, 6.07) is 14.3. The predicted molar refractivity (Wildman–Crippen MR) is 122 cm³/mol. The van der Waals surface area contributed by atoms with Gasteiger partial charge in [0.05, 0.1) is 25.6 Å². The summed E-state index contributed by atoms with van der Waals surface area (Å²) in [5.41, 5.74) is 0.678. The van der Waals surface area contributed by atoms with Crippen molar-refractivity contribution in [3.05, 3.63) is 72.2 Å². The van der Waals surface area contributed by atoms with Crippen molar-refractivity contribution in [2.45, 2.75) is 19.5 Å². The SMILES string of the molecule is COc1cccc(OCC(=O)c2ccc3c(c2)N(C(C)C(=O)NCc2ccco2)C(=O)CO3)c1. The van der Waals surface area contributed by atoms with Crippen LogP contribution in [0.3, 0.4) is 0 Å². The minimum atomic E-state index is -0.830. The summed E-state index contributed by atoms with van der Waals surface area (Å²) in [7, 11) is 1.55. The Bertz CT molecular complexity index is 1190. The Morgan fingerprint density at radius 2 is 1.94 bits per heavy atom. The van der Waals surface area contributed by atoms with E-state index in [2.05, 4.69) is 5.32 Å². The van der Waals surface area contributed by atoms with E-state index in [1.165, 1.54) is 11.2 Å². The monoisotopic (exact) mass is 464 g/mol. The number of amides is 2. The van der Waals surface area contributed by atoms with E-state index in [-0.39, 0.29) is 37.4 Å². The molecule has 0 aliphatic carbocycles. The average molecular weight is 464 g/mol. The Kier molecular flexibility index (Phi) is 6.82. The van der Waals surface area contributed by atoms with Crippen LogP contribution in [0.15, 0.2) is 65.3 Å². The van der Waals surface area contributed by atoms with Crippen LogP contribution < -0.4 is 24.4 Å². The number of nitrogens with one attached hydrogen (secondary N) is 1. The highest BCUT2D eigenvalue weighted by Crippen LogP contribution is 2.34. The molecule has 1 aliphatic heterocycles. The van der Waals surface area contributed by atoms with Gasteiger partial charge in [0.25, 0.3) is 5.91 Å². The molecule has 0 bridgehead atoms. The number of benzene rings is 2. The van der Waals surface area contributed by atoms with E-state index in [4.69, 9.17) is 18.6 Å². The molecular formula is C25H24N2O7. The number of carbonyl (C=O) groups excluding carboxylic acids is 3. The number of anilines is 1. The molecule has 1 aliphatic rings. The maximum atomic E-state index is 12.8. The van der Waals surface area contributed by atoms with E-state index >= 15 is 0 Å². The van der Waals surface area contributed by atoms with Crippen molar-refractivity contribution < 1.29 is 33.0 Å². The third-order valence-corrected chi connectivity index (χ3v) is 5.36. The van der Waals surface area contributed by atoms with Gasteiger partial charge in [-0.3, -0.25) is 19.3 Å². The number of ether oxygens (including phenoxy) is 3. The Balaban J connectivity index is 1.48. The lowest BCUT2D eigenvalue weighted by molar-refractivity contribution is -0.127. The Morgan fingerprint density at radius 1 is 1.12 bits per heavy atom. The van der Waals surface area contributed by atoms with E-state index in [0.717, 1.165) is 0 Å². The quantitative estimate of drug-likeness (QED) is 0.485. The molecule has 0 saturated carbocycles. The lowest BCUT2D eigenvalue weighted by atomic mass is 10.1. The highest BCUT2D eigenvalue weighted by Gasteiger charge is 2.33. The van der Waals surface area contributed by atoms with Crippen molar-refractivity contribution in [1.29, 1.82) is 0 Å². The fraction of sp³-hybridized carbons (Fsp3) is 0.240. The number of methoxy groups -OCH3 is 1.